The Morgan fingerprint density at radius 1 is 0.474 bits per heavy atom. The van der Waals surface area contributed by atoms with E-state index < -0.39 is 131 Å². The smallest absolute Gasteiger partial charge is 0.220 e. The zero-order valence-corrected chi connectivity index (χ0v) is 45.8. The molecule has 1 amide bonds. The summed E-state index contributed by atoms with van der Waals surface area (Å²) in [5, 5.41) is 120. The number of rotatable bonds is 38. The minimum atomic E-state index is -1.99. The van der Waals surface area contributed by atoms with Gasteiger partial charge in [0.2, 0.25) is 5.91 Å². The molecule has 0 bridgehead atoms. The van der Waals surface area contributed by atoms with Crippen LogP contribution >= 0.6 is 0 Å². The molecule has 3 saturated heterocycles. The van der Waals surface area contributed by atoms with Crippen LogP contribution in [0.3, 0.4) is 0 Å². The van der Waals surface area contributed by atoms with Gasteiger partial charge in [0.05, 0.1) is 38.6 Å². The summed E-state index contributed by atoms with van der Waals surface area (Å²) >= 11 is 0. The minimum absolute atomic E-state index is 0.187. The van der Waals surface area contributed by atoms with Crippen LogP contribution in [0.5, 0.6) is 0 Å². The standard InChI is InChI=1S/C59H95NO18/c1-3-5-7-9-11-13-14-15-16-17-18-19-20-21-22-23-24-25-26-27-28-29-31-33-35-37-47(65)60-42(43(64)36-34-32-30-12-10-8-6-4-2)41-73-57-53(71)50(68)55(45(39-62)75-57)78-59-54(72)51(69)56(46(40-63)76-59)77-58-52(70)49(67)48(66)44(38-61)74-58/h5,7,10-13,15-16,18-19,21-22,24-25,27-28,34,36,42-46,48-59,61-64,66-72H,3-4,6,8-9,14,17,20,23,26,29-33,35,37-41H2,1-2H3,(H,60,65)/b7-5-,12-10+,13-11-,16-15-,19-18-,22-21-,25-24-,28-27-,36-34+. The van der Waals surface area contributed by atoms with Gasteiger partial charge in [-0.1, -0.05) is 142 Å². The summed E-state index contributed by atoms with van der Waals surface area (Å²) in [5.74, 6) is -0.329. The van der Waals surface area contributed by atoms with Gasteiger partial charge in [0, 0.05) is 6.42 Å². The van der Waals surface area contributed by atoms with Crippen LogP contribution in [0.25, 0.3) is 0 Å². The van der Waals surface area contributed by atoms with Crippen LogP contribution in [-0.4, -0.2) is 193 Å². The zero-order chi connectivity index (χ0) is 56.9. The van der Waals surface area contributed by atoms with Crippen molar-refractivity contribution in [3.63, 3.8) is 0 Å². The molecule has 17 unspecified atom stereocenters. The minimum Gasteiger partial charge on any atom is -0.394 e. The maximum absolute atomic E-state index is 13.2. The number of allylic oxidation sites excluding steroid dienone is 17. The van der Waals surface area contributed by atoms with Crippen LogP contribution < -0.4 is 5.32 Å². The number of hydrogen-bond donors (Lipinski definition) is 12. The molecule has 19 nitrogen and oxygen atoms in total. The van der Waals surface area contributed by atoms with Crippen molar-refractivity contribution in [3.05, 3.63) is 109 Å². The van der Waals surface area contributed by atoms with Crippen molar-refractivity contribution in [2.24, 2.45) is 0 Å². The lowest BCUT2D eigenvalue weighted by atomic mass is 9.96. The number of nitrogens with one attached hydrogen (secondary N) is 1. The van der Waals surface area contributed by atoms with Crippen LogP contribution in [0.15, 0.2) is 109 Å². The molecule has 12 N–H and O–H groups in total. The van der Waals surface area contributed by atoms with Gasteiger partial charge in [-0.05, 0) is 83.5 Å². The average molecular weight is 1110 g/mol. The third kappa shape index (κ3) is 25.5. The molecule has 0 aromatic heterocycles. The Labute approximate surface area is 462 Å². The van der Waals surface area contributed by atoms with Gasteiger partial charge < -0.3 is 89.9 Å². The number of aliphatic hydroxyl groups excluding tert-OH is 11. The number of carbonyl (C=O) groups excluding carboxylic acids is 1. The summed E-state index contributed by atoms with van der Waals surface area (Å²) in [6.07, 6.45) is 25.4. The van der Waals surface area contributed by atoms with Gasteiger partial charge in [0.15, 0.2) is 18.9 Å². The van der Waals surface area contributed by atoms with Crippen LogP contribution in [0.2, 0.25) is 0 Å². The number of amides is 1. The van der Waals surface area contributed by atoms with Crippen LogP contribution in [0, 0.1) is 0 Å². The summed E-state index contributed by atoms with van der Waals surface area (Å²) in [7, 11) is 0. The van der Waals surface area contributed by atoms with E-state index in [0.29, 0.717) is 12.8 Å². The topological polar surface area (TPSA) is 307 Å². The molecular formula is C59H95NO18. The third-order valence-corrected chi connectivity index (χ3v) is 13.3. The highest BCUT2D eigenvalue weighted by molar-refractivity contribution is 5.76. The quantitative estimate of drug-likeness (QED) is 0.0307. The van der Waals surface area contributed by atoms with Crippen molar-refractivity contribution in [2.45, 2.75) is 227 Å². The second kappa shape index (κ2) is 41.4. The molecule has 3 aliphatic rings. The summed E-state index contributed by atoms with van der Waals surface area (Å²) in [5.41, 5.74) is 0. The lowest BCUT2D eigenvalue weighted by Crippen LogP contribution is -2.66. The average Bonchev–Trinajstić information content (AvgIpc) is 3.48. The number of carbonyl (C=O) groups is 1. The highest BCUT2D eigenvalue weighted by Gasteiger charge is 2.53. The number of aliphatic hydroxyl groups is 11. The van der Waals surface area contributed by atoms with Gasteiger partial charge in [-0.3, -0.25) is 4.79 Å². The van der Waals surface area contributed by atoms with Gasteiger partial charge in [0.25, 0.3) is 0 Å². The monoisotopic (exact) mass is 1110 g/mol. The van der Waals surface area contributed by atoms with E-state index in [2.05, 4.69) is 116 Å². The summed E-state index contributed by atoms with van der Waals surface area (Å²) in [6.45, 7) is 1.42. The molecule has 19 heteroatoms. The first kappa shape index (κ1) is 68.7. The molecule has 3 rings (SSSR count). The van der Waals surface area contributed by atoms with E-state index in [4.69, 9.17) is 28.4 Å². The number of unbranched alkanes of at least 4 members (excludes halogenated alkanes) is 6. The fourth-order valence-corrected chi connectivity index (χ4v) is 8.64. The van der Waals surface area contributed by atoms with E-state index in [1.54, 1.807) is 12.2 Å². The van der Waals surface area contributed by atoms with E-state index in [0.717, 1.165) is 89.9 Å². The highest BCUT2D eigenvalue weighted by Crippen LogP contribution is 2.33. The van der Waals surface area contributed by atoms with Gasteiger partial charge in [-0.25, -0.2) is 0 Å². The lowest BCUT2D eigenvalue weighted by molar-refractivity contribution is -0.379. The second-order valence-corrected chi connectivity index (χ2v) is 19.7. The molecule has 444 valence electrons. The lowest BCUT2D eigenvalue weighted by Gasteiger charge is -2.48. The number of hydrogen-bond acceptors (Lipinski definition) is 18. The Bertz CT molecular complexity index is 1850. The van der Waals surface area contributed by atoms with E-state index in [-0.39, 0.29) is 12.3 Å². The van der Waals surface area contributed by atoms with Gasteiger partial charge in [-0.15, -0.1) is 0 Å². The molecule has 3 aliphatic heterocycles. The molecule has 78 heavy (non-hydrogen) atoms. The van der Waals surface area contributed by atoms with E-state index in [1.165, 1.54) is 0 Å². The van der Waals surface area contributed by atoms with Crippen molar-refractivity contribution in [1.29, 1.82) is 0 Å². The van der Waals surface area contributed by atoms with E-state index >= 15 is 0 Å². The maximum atomic E-state index is 13.2. The normalized spacial score (nSPS) is 31.3. The summed E-state index contributed by atoms with van der Waals surface area (Å²) < 4.78 is 34.0. The van der Waals surface area contributed by atoms with E-state index in [1.807, 2.05) is 0 Å². The molecule has 0 aliphatic carbocycles. The van der Waals surface area contributed by atoms with Gasteiger partial charge >= 0.3 is 0 Å². The molecule has 3 heterocycles. The summed E-state index contributed by atoms with van der Waals surface area (Å²) in [4.78, 5) is 13.2. The third-order valence-electron chi connectivity index (χ3n) is 13.3. The molecule has 0 radical (unpaired) electrons. The fraction of sp³-hybridized carbons (Fsp3) is 0.678. The van der Waals surface area contributed by atoms with Crippen molar-refractivity contribution >= 4 is 5.91 Å². The predicted molar refractivity (Wildman–Crippen MR) is 295 cm³/mol. The molecule has 0 aromatic carbocycles. The zero-order valence-electron chi connectivity index (χ0n) is 45.8. The SMILES string of the molecule is CC/C=C\C/C=C\C/C=C\C/C=C\C/C=C\C/C=C\C/C=C\CCCCCC(=O)NC(COC1OC(CO)C(OC2OC(CO)C(OC3OC(CO)C(O)C(O)C3O)C(O)C2O)C(O)C1O)C(O)/C=C/CC/C=C/CCCC. The predicted octanol–water partition coefficient (Wildman–Crippen LogP) is 3.97. The molecule has 0 saturated carbocycles. The first-order valence-corrected chi connectivity index (χ1v) is 28.1. The van der Waals surface area contributed by atoms with Crippen molar-refractivity contribution < 1.29 is 89.4 Å². The first-order valence-electron chi connectivity index (χ1n) is 28.1. The van der Waals surface area contributed by atoms with Crippen molar-refractivity contribution in [2.75, 3.05) is 26.4 Å². The fourth-order valence-electron chi connectivity index (χ4n) is 8.64. The van der Waals surface area contributed by atoms with Crippen LogP contribution in [-0.2, 0) is 33.2 Å². The van der Waals surface area contributed by atoms with Gasteiger partial charge in [-0.2, -0.15) is 0 Å². The molecule has 0 spiro atoms. The second-order valence-electron chi connectivity index (χ2n) is 19.7. The Hall–Kier alpha value is -3.55. The largest absolute Gasteiger partial charge is 0.394 e. The number of ether oxygens (including phenoxy) is 6. The van der Waals surface area contributed by atoms with Crippen LogP contribution in [0.4, 0.5) is 0 Å². The molecular weight excluding hydrogens is 1010 g/mol. The Balaban J connectivity index is 1.47. The Morgan fingerprint density at radius 3 is 1.41 bits per heavy atom. The van der Waals surface area contributed by atoms with Crippen molar-refractivity contribution in [3.8, 4) is 0 Å². The first-order chi connectivity index (χ1) is 37.8. The molecule has 3 fully saturated rings. The maximum Gasteiger partial charge on any atom is 0.220 e. The Kier molecular flexibility index (Phi) is 36.5. The Morgan fingerprint density at radius 2 is 0.897 bits per heavy atom. The van der Waals surface area contributed by atoms with Gasteiger partial charge in [0.1, 0.15) is 73.2 Å². The van der Waals surface area contributed by atoms with Crippen LogP contribution in [0.1, 0.15) is 123 Å². The van der Waals surface area contributed by atoms with E-state index in [9.17, 15) is 61.0 Å². The summed E-state index contributed by atoms with van der Waals surface area (Å²) in [6, 6.07) is -1.01. The highest BCUT2D eigenvalue weighted by atomic mass is 16.8. The molecule has 17 atom stereocenters. The van der Waals surface area contributed by atoms with Crippen molar-refractivity contribution in [1.82, 2.24) is 5.32 Å². The molecule has 0 aromatic rings.